The Bertz CT molecular complexity index is 584. The lowest BCUT2D eigenvalue weighted by Gasteiger charge is -2.31. The highest BCUT2D eigenvalue weighted by atomic mass is 15.1. The van der Waals surface area contributed by atoms with Gasteiger partial charge in [0, 0.05) is 17.8 Å². The first kappa shape index (κ1) is 14.1. The van der Waals surface area contributed by atoms with E-state index in [9.17, 15) is 0 Å². The van der Waals surface area contributed by atoms with Crippen molar-refractivity contribution in [3.8, 4) is 11.3 Å². The molecule has 3 rings (SSSR count). The maximum atomic E-state index is 6.05. The van der Waals surface area contributed by atoms with Crippen LogP contribution in [0.15, 0.2) is 30.9 Å². The molecule has 2 aromatic heterocycles. The summed E-state index contributed by atoms with van der Waals surface area (Å²) in [4.78, 5) is 8.59. The van der Waals surface area contributed by atoms with E-state index in [0.717, 1.165) is 23.6 Å². The van der Waals surface area contributed by atoms with Gasteiger partial charge in [0.1, 0.15) is 5.82 Å². The molecular weight excluding hydrogens is 260 g/mol. The molecule has 0 bridgehead atoms. The molecule has 2 aromatic rings. The minimum atomic E-state index is 0.516. The number of nitrogens with two attached hydrogens (primary N) is 1. The van der Waals surface area contributed by atoms with E-state index in [1.165, 1.54) is 32.1 Å². The van der Waals surface area contributed by atoms with E-state index in [-0.39, 0.29) is 0 Å². The molecule has 2 N–H and O–H groups in total. The van der Waals surface area contributed by atoms with Gasteiger partial charge >= 0.3 is 0 Å². The second-order valence-electron chi connectivity index (χ2n) is 6.00. The molecular formula is C17H24N4. The van der Waals surface area contributed by atoms with Crippen molar-refractivity contribution in [2.24, 2.45) is 5.92 Å². The van der Waals surface area contributed by atoms with Crippen LogP contribution in [0, 0.1) is 5.92 Å². The van der Waals surface area contributed by atoms with Gasteiger partial charge in [-0.1, -0.05) is 26.2 Å². The number of pyridine rings is 1. The molecule has 0 aliphatic heterocycles. The quantitative estimate of drug-likeness (QED) is 0.921. The molecule has 21 heavy (non-hydrogen) atoms. The van der Waals surface area contributed by atoms with Crippen LogP contribution in [0.1, 0.15) is 51.5 Å². The number of anilines is 1. The molecule has 4 heteroatoms. The van der Waals surface area contributed by atoms with Gasteiger partial charge in [-0.05, 0) is 37.3 Å². The average Bonchev–Trinajstić information content (AvgIpc) is 2.99. The first-order chi connectivity index (χ1) is 10.3. The minimum absolute atomic E-state index is 0.516. The predicted octanol–water partition coefficient (Wildman–Crippen LogP) is 4.06. The number of nitrogen functional groups attached to an aromatic ring is 1. The van der Waals surface area contributed by atoms with Crippen LogP contribution in [-0.2, 0) is 0 Å². The molecule has 4 nitrogen and oxygen atoms in total. The number of hydrogen-bond acceptors (Lipinski definition) is 3. The van der Waals surface area contributed by atoms with Crippen molar-refractivity contribution in [2.45, 2.75) is 51.5 Å². The van der Waals surface area contributed by atoms with E-state index in [1.807, 2.05) is 24.7 Å². The van der Waals surface area contributed by atoms with Gasteiger partial charge < -0.3 is 10.3 Å². The number of rotatable bonds is 4. The first-order valence-corrected chi connectivity index (χ1v) is 8.04. The van der Waals surface area contributed by atoms with Crippen molar-refractivity contribution >= 4 is 5.82 Å². The van der Waals surface area contributed by atoms with E-state index < -0.39 is 0 Å². The average molecular weight is 284 g/mol. The van der Waals surface area contributed by atoms with Gasteiger partial charge in [-0.3, -0.25) is 0 Å². The van der Waals surface area contributed by atoms with E-state index in [0.29, 0.717) is 11.9 Å². The maximum absolute atomic E-state index is 6.05. The Morgan fingerprint density at radius 2 is 2.14 bits per heavy atom. The molecule has 0 saturated heterocycles. The summed E-state index contributed by atoms with van der Waals surface area (Å²) in [7, 11) is 0. The smallest absolute Gasteiger partial charge is 0.132 e. The highest BCUT2D eigenvalue weighted by Gasteiger charge is 2.25. The van der Waals surface area contributed by atoms with Gasteiger partial charge in [0.2, 0.25) is 0 Å². The fourth-order valence-electron chi connectivity index (χ4n) is 3.69. The SMILES string of the molecule is CCC(C1CCCCC1)n1cncc1-c1cccnc1N. The Hall–Kier alpha value is -1.84. The van der Waals surface area contributed by atoms with Crippen LogP contribution in [0.4, 0.5) is 5.82 Å². The van der Waals surface area contributed by atoms with Crippen molar-refractivity contribution in [1.29, 1.82) is 0 Å². The van der Waals surface area contributed by atoms with E-state index in [2.05, 4.69) is 21.5 Å². The Labute approximate surface area is 126 Å². The first-order valence-electron chi connectivity index (χ1n) is 8.04. The minimum Gasteiger partial charge on any atom is -0.383 e. The zero-order valence-electron chi connectivity index (χ0n) is 12.7. The van der Waals surface area contributed by atoms with Crippen LogP contribution in [0.25, 0.3) is 11.3 Å². The molecule has 1 unspecified atom stereocenters. The summed E-state index contributed by atoms with van der Waals surface area (Å²) in [5, 5.41) is 0. The fourth-order valence-corrected chi connectivity index (χ4v) is 3.69. The molecule has 1 fully saturated rings. The van der Waals surface area contributed by atoms with Crippen LogP contribution in [0.2, 0.25) is 0 Å². The molecule has 1 atom stereocenters. The van der Waals surface area contributed by atoms with E-state index in [4.69, 9.17) is 5.73 Å². The van der Waals surface area contributed by atoms with Crippen LogP contribution < -0.4 is 5.73 Å². The molecule has 0 spiro atoms. The number of nitrogens with zero attached hydrogens (tertiary/aromatic N) is 3. The lowest BCUT2D eigenvalue weighted by Crippen LogP contribution is -2.21. The van der Waals surface area contributed by atoms with E-state index in [1.54, 1.807) is 6.20 Å². The van der Waals surface area contributed by atoms with Crippen LogP contribution >= 0.6 is 0 Å². The largest absolute Gasteiger partial charge is 0.383 e. The second-order valence-corrected chi connectivity index (χ2v) is 6.00. The van der Waals surface area contributed by atoms with Gasteiger partial charge in [-0.15, -0.1) is 0 Å². The van der Waals surface area contributed by atoms with Crippen molar-refractivity contribution in [3.05, 3.63) is 30.9 Å². The molecule has 1 saturated carbocycles. The van der Waals surface area contributed by atoms with Gasteiger partial charge in [-0.2, -0.15) is 0 Å². The Kier molecular flexibility index (Phi) is 4.23. The lowest BCUT2D eigenvalue weighted by molar-refractivity contribution is 0.244. The molecule has 0 amide bonds. The molecule has 2 heterocycles. The van der Waals surface area contributed by atoms with Gasteiger partial charge in [-0.25, -0.2) is 9.97 Å². The summed E-state index contributed by atoms with van der Waals surface area (Å²) >= 11 is 0. The third-order valence-corrected chi connectivity index (χ3v) is 4.75. The molecule has 0 aromatic carbocycles. The zero-order chi connectivity index (χ0) is 14.7. The Balaban J connectivity index is 1.95. The Morgan fingerprint density at radius 3 is 2.86 bits per heavy atom. The standard InChI is InChI=1S/C17H24N4/c1-2-15(13-7-4-3-5-8-13)21-12-19-11-16(21)14-9-6-10-20-17(14)18/h6,9-13,15H,2-5,7-8H2,1H3,(H2,18,20). The summed E-state index contributed by atoms with van der Waals surface area (Å²) in [6.45, 7) is 2.27. The van der Waals surface area contributed by atoms with Crippen LogP contribution in [0.3, 0.4) is 0 Å². The monoisotopic (exact) mass is 284 g/mol. The summed E-state index contributed by atoms with van der Waals surface area (Å²) < 4.78 is 2.32. The summed E-state index contributed by atoms with van der Waals surface area (Å²) in [5.74, 6) is 1.34. The number of aromatic nitrogens is 3. The highest BCUT2D eigenvalue weighted by molar-refractivity contribution is 5.70. The molecule has 112 valence electrons. The Morgan fingerprint density at radius 1 is 1.33 bits per heavy atom. The van der Waals surface area contributed by atoms with Crippen molar-refractivity contribution in [3.63, 3.8) is 0 Å². The fraction of sp³-hybridized carbons (Fsp3) is 0.529. The number of hydrogen-bond donors (Lipinski definition) is 1. The summed E-state index contributed by atoms with van der Waals surface area (Å²) in [6.07, 6.45) is 13.5. The highest BCUT2D eigenvalue weighted by Crippen LogP contribution is 2.37. The van der Waals surface area contributed by atoms with Crippen molar-refractivity contribution in [1.82, 2.24) is 14.5 Å². The predicted molar refractivity (Wildman–Crippen MR) is 85.8 cm³/mol. The van der Waals surface area contributed by atoms with Crippen molar-refractivity contribution in [2.75, 3.05) is 5.73 Å². The second kappa shape index (κ2) is 6.29. The van der Waals surface area contributed by atoms with Crippen LogP contribution in [0.5, 0.6) is 0 Å². The van der Waals surface area contributed by atoms with Gasteiger partial charge in [0.05, 0.1) is 18.2 Å². The third kappa shape index (κ3) is 2.80. The van der Waals surface area contributed by atoms with Crippen molar-refractivity contribution < 1.29 is 0 Å². The zero-order valence-corrected chi connectivity index (χ0v) is 12.7. The topological polar surface area (TPSA) is 56.7 Å². The lowest BCUT2D eigenvalue weighted by atomic mass is 9.82. The maximum Gasteiger partial charge on any atom is 0.132 e. The normalized spacial score (nSPS) is 17.8. The third-order valence-electron chi connectivity index (χ3n) is 4.75. The molecule has 1 aliphatic rings. The van der Waals surface area contributed by atoms with Gasteiger partial charge in [0.25, 0.3) is 0 Å². The summed E-state index contributed by atoms with van der Waals surface area (Å²) in [6, 6.07) is 4.48. The molecule has 0 radical (unpaired) electrons. The van der Waals surface area contributed by atoms with Gasteiger partial charge in [0.15, 0.2) is 0 Å². The van der Waals surface area contributed by atoms with E-state index >= 15 is 0 Å². The number of imidazole rings is 1. The molecule has 1 aliphatic carbocycles. The summed E-state index contributed by atoms with van der Waals surface area (Å²) in [5.41, 5.74) is 8.13. The van der Waals surface area contributed by atoms with Crippen LogP contribution in [-0.4, -0.2) is 14.5 Å².